The van der Waals surface area contributed by atoms with E-state index in [1.807, 2.05) is 24.3 Å². The van der Waals surface area contributed by atoms with Gasteiger partial charge in [-0.25, -0.2) is 4.98 Å². The summed E-state index contributed by atoms with van der Waals surface area (Å²) in [7, 11) is 0. The highest BCUT2D eigenvalue weighted by molar-refractivity contribution is 6.32. The third-order valence-corrected chi connectivity index (χ3v) is 8.73. The fourth-order valence-corrected chi connectivity index (χ4v) is 7.28. The molecule has 178 valence electrons. The van der Waals surface area contributed by atoms with Crippen molar-refractivity contribution in [2.45, 2.75) is 12.0 Å². The number of anilines is 2. The van der Waals surface area contributed by atoms with Crippen LogP contribution in [0.5, 0.6) is 0 Å². The molecule has 4 heterocycles. The summed E-state index contributed by atoms with van der Waals surface area (Å²) in [6.45, 7) is 0. The van der Waals surface area contributed by atoms with E-state index in [-0.39, 0.29) is 12.0 Å². The second-order valence-corrected chi connectivity index (χ2v) is 10.6. The molecule has 0 amide bonds. The Labute approximate surface area is 220 Å². The van der Waals surface area contributed by atoms with Crippen molar-refractivity contribution in [2.24, 2.45) is 0 Å². The van der Waals surface area contributed by atoms with Crippen molar-refractivity contribution in [2.75, 3.05) is 4.90 Å². The molecule has 1 aliphatic heterocycles. The van der Waals surface area contributed by atoms with Gasteiger partial charge in [-0.2, -0.15) is 4.98 Å². The number of aromatic nitrogens is 2. The third-order valence-electron chi connectivity index (χ3n) is 8.48. The van der Waals surface area contributed by atoms with Crippen LogP contribution in [0.1, 0.15) is 22.8 Å². The van der Waals surface area contributed by atoms with E-state index in [1.165, 1.54) is 38.4 Å². The Hall–Kier alpha value is -4.61. The lowest BCUT2D eigenvalue weighted by molar-refractivity contribution is 0.584. The van der Waals surface area contributed by atoms with Gasteiger partial charge in [-0.05, 0) is 57.8 Å². The Kier molecular flexibility index (Phi) is 3.30. The SMILES string of the molecule is Clc1nc2oc3ccccc3c2nc1N1c2ccc3cccc4c3c2C2c3c(oc5cccc-4c35)C=CC21. The maximum atomic E-state index is 6.89. The standard InChI is InChI=1S/C32H16ClN3O2/c33-30-31(34-29-18-6-1-2-9-21(18)38-32(29)35-30)36-19-12-11-15-5-3-7-16-17-8-4-10-22-25(17)28-23(37-22)14-13-20(36)27(28)26(19)24(15)16/h1-14,20,27H. The number of para-hydroxylation sites is 1. The number of nitrogens with zero attached hydrogens (tertiary/aromatic N) is 3. The Morgan fingerprint density at radius 1 is 0.763 bits per heavy atom. The van der Waals surface area contributed by atoms with E-state index in [0.717, 1.165) is 33.5 Å². The van der Waals surface area contributed by atoms with Crippen LogP contribution in [-0.2, 0) is 0 Å². The van der Waals surface area contributed by atoms with Crippen molar-refractivity contribution in [1.82, 2.24) is 9.97 Å². The van der Waals surface area contributed by atoms with Crippen LogP contribution in [-0.4, -0.2) is 16.0 Å². The number of hydrogen-bond donors (Lipinski definition) is 0. The monoisotopic (exact) mass is 509 g/mol. The smallest absolute Gasteiger partial charge is 0.247 e. The minimum absolute atomic E-state index is 0.0227. The quantitative estimate of drug-likeness (QED) is 0.222. The Morgan fingerprint density at radius 2 is 1.61 bits per heavy atom. The molecule has 0 saturated carbocycles. The molecule has 38 heavy (non-hydrogen) atoms. The minimum atomic E-state index is -0.0227. The average Bonchev–Trinajstić information content (AvgIpc) is 3.57. The van der Waals surface area contributed by atoms with Crippen LogP contribution < -0.4 is 4.90 Å². The number of hydrogen-bond acceptors (Lipinski definition) is 5. The van der Waals surface area contributed by atoms with Gasteiger partial charge in [-0.1, -0.05) is 66.2 Å². The molecule has 0 spiro atoms. The first-order valence-electron chi connectivity index (χ1n) is 12.7. The van der Waals surface area contributed by atoms with E-state index in [9.17, 15) is 0 Å². The van der Waals surface area contributed by atoms with E-state index in [1.54, 1.807) is 0 Å². The van der Waals surface area contributed by atoms with Crippen LogP contribution in [0, 0.1) is 0 Å². The molecule has 0 fully saturated rings. The molecule has 2 unspecified atom stereocenters. The van der Waals surface area contributed by atoms with Crippen LogP contribution in [0.25, 0.3) is 61.1 Å². The zero-order valence-corrected chi connectivity index (χ0v) is 20.5. The molecule has 7 aromatic rings. The maximum Gasteiger partial charge on any atom is 0.247 e. The fourth-order valence-electron chi connectivity index (χ4n) is 7.07. The molecular weight excluding hydrogens is 494 g/mol. The predicted molar refractivity (Wildman–Crippen MR) is 150 cm³/mol. The molecule has 5 nitrogen and oxygen atoms in total. The number of benzene rings is 4. The normalized spacial score (nSPS) is 18.5. The summed E-state index contributed by atoms with van der Waals surface area (Å²) in [5, 5.41) is 4.96. The third kappa shape index (κ3) is 2.14. The van der Waals surface area contributed by atoms with Crippen LogP contribution in [0.3, 0.4) is 0 Å². The lowest BCUT2D eigenvalue weighted by Gasteiger charge is -2.29. The first-order chi connectivity index (χ1) is 18.8. The second kappa shape index (κ2) is 6.44. The van der Waals surface area contributed by atoms with Gasteiger partial charge in [0.05, 0.1) is 6.04 Å². The van der Waals surface area contributed by atoms with E-state index in [0.29, 0.717) is 16.7 Å². The van der Waals surface area contributed by atoms with Crippen molar-refractivity contribution in [3.05, 3.63) is 101 Å². The van der Waals surface area contributed by atoms with Crippen molar-refractivity contribution >= 4 is 73.1 Å². The maximum absolute atomic E-state index is 6.89. The summed E-state index contributed by atoms with van der Waals surface area (Å²) in [5.74, 6) is 1.65. The molecule has 10 rings (SSSR count). The van der Waals surface area contributed by atoms with Crippen LogP contribution in [0.15, 0.2) is 87.7 Å². The first kappa shape index (κ1) is 19.5. The molecule has 6 heteroatoms. The predicted octanol–water partition coefficient (Wildman–Crippen LogP) is 8.59. The Balaban J connectivity index is 1.35. The lowest BCUT2D eigenvalue weighted by atomic mass is 9.82. The van der Waals surface area contributed by atoms with Gasteiger partial charge >= 0.3 is 0 Å². The number of halogens is 1. The molecule has 0 radical (unpaired) electrons. The highest BCUT2D eigenvalue weighted by atomic mass is 35.5. The number of furan rings is 2. The summed E-state index contributed by atoms with van der Waals surface area (Å²) >= 11 is 6.89. The van der Waals surface area contributed by atoms with Gasteiger partial charge in [-0.3, -0.25) is 0 Å². The molecule has 0 saturated heterocycles. The first-order valence-corrected chi connectivity index (χ1v) is 13.1. The molecule has 3 aromatic heterocycles. The fraction of sp³-hybridized carbons (Fsp3) is 0.0625. The van der Waals surface area contributed by atoms with E-state index in [2.05, 4.69) is 70.6 Å². The summed E-state index contributed by atoms with van der Waals surface area (Å²) in [5.41, 5.74) is 8.94. The second-order valence-electron chi connectivity index (χ2n) is 10.2. The van der Waals surface area contributed by atoms with Gasteiger partial charge in [-0.15, -0.1) is 0 Å². The van der Waals surface area contributed by atoms with Crippen LogP contribution >= 0.6 is 11.6 Å². The summed E-state index contributed by atoms with van der Waals surface area (Å²) < 4.78 is 12.4. The number of rotatable bonds is 1. The minimum Gasteiger partial charge on any atom is -0.456 e. The van der Waals surface area contributed by atoms with Gasteiger partial charge in [0, 0.05) is 27.9 Å². The van der Waals surface area contributed by atoms with Gasteiger partial charge in [0.15, 0.2) is 11.0 Å². The topological polar surface area (TPSA) is 55.3 Å². The largest absolute Gasteiger partial charge is 0.456 e. The van der Waals surface area contributed by atoms with Crippen molar-refractivity contribution < 1.29 is 8.83 Å². The van der Waals surface area contributed by atoms with E-state index >= 15 is 0 Å². The number of fused-ring (bicyclic) bond motifs is 4. The zero-order valence-electron chi connectivity index (χ0n) is 19.8. The highest BCUT2D eigenvalue weighted by Crippen LogP contribution is 2.59. The molecule has 0 N–H and O–H groups in total. The Morgan fingerprint density at radius 3 is 2.55 bits per heavy atom. The summed E-state index contributed by atoms with van der Waals surface area (Å²) in [6.07, 6.45) is 4.34. The van der Waals surface area contributed by atoms with Gasteiger partial charge < -0.3 is 13.7 Å². The van der Waals surface area contributed by atoms with E-state index in [4.69, 9.17) is 25.4 Å². The molecule has 4 aromatic carbocycles. The van der Waals surface area contributed by atoms with Crippen LogP contribution in [0.2, 0.25) is 5.15 Å². The van der Waals surface area contributed by atoms with Crippen molar-refractivity contribution in [1.29, 1.82) is 0 Å². The average molecular weight is 510 g/mol. The van der Waals surface area contributed by atoms with Crippen molar-refractivity contribution in [3.63, 3.8) is 0 Å². The molecular formula is C32H16ClN3O2. The lowest BCUT2D eigenvalue weighted by Crippen LogP contribution is -2.31. The zero-order chi connectivity index (χ0) is 24.7. The highest BCUT2D eigenvalue weighted by Gasteiger charge is 2.47. The van der Waals surface area contributed by atoms with Crippen LogP contribution in [0.4, 0.5) is 11.5 Å². The Bertz CT molecular complexity index is 2240. The van der Waals surface area contributed by atoms with Gasteiger partial charge in [0.2, 0.25) is 5.71 Å². The molecule has 0 bridgehead atoms. The van der Waals surface area contributed by atoms with Crippen molar-refractivity contribution in [3.8, 4) is 11.1 Å². The van der Waals surface area contributed by atoms with E-state index < -0.39 is 0 Å². The molecule has 2 aliphatic carbocycles. The summed E-state index contributed by atoms with van der Waals surface area (Å²) in [6, 6.07) is 25.2. The van der Waals surface area contributed by atoms with Gasteiger partial charge in [0.1, 0.15) is 22.4 Å². The van der Waals surface area contributed by atoms with Gasteiger partial charge in [0.25, 0.3) is 0 Å². The summed E-state index contributed by atoms with van der Waals surface area (Å²) in [4.78, 5) is 12.1. The molecule has 2 atom stereocenters. The molecule has 3 aliphatic rings.